The van der Waals surface area contributed by atoms with E-state index in [2.05, 4.69) is 39.5 Å². The van der Waals surface area contributed by atoms with E-state index >= 15 is 0 Å². The summed E-state index contributed by atoms with van der Waals surface area (Å²) in [5.74, 6) is 1.26. The van der Waals surface area contributed by atoms with Gasteiger partial charge in [0.2, 0.25) is 5.89 Å². The van der Waals surface area contributed by atoms with E-state index in [-0.39, 0.29) is 5.75 Å². The molecule has 0 fully saturated rings. The van der Waals surface area contributed by atoms with Crippen LogP contribution in [0, 0.1) is 6.92 Å². The van der Waals surface area contributed by atoms with Gasteiger partial charge >= 0.3 is 0 Å². The Balaban J connectivity index is 1.39. The van der Waals surface area contributed by atoms with Crippen LogP contribution >= 0.6 is 11.3 Å². The third-order valence-electron chi connectivity index (χ3n) is 4.91. The summed E-state index contributed by atoms with van der Waals surface area (Å²) in [5, 5.41) is 28.3. The Morgan fingerprint density at radius 3 is 2.25 bits per heavy atom. The molecule has 0 aliphatic heterocycles. The molecule has 0 unspecified atom stereocenters. The number of hydrogen-bond acceptors (Lipinski definition) is 8. The number of nitrogens with zero attached hydrogens (tertiary/aromatic N) is 4. The van der Waals surface area contributed by atoms with Crippen LogP contribution in [0.25, 0.3) is 44.1 Å². The number of rotatable bonds is 5. The lowest BCUT2D eigenvalue weighted by Gasteiger charge is -2.04. The second-order valence-corrected chi connectivity index (χ2v) is 8.13. The molecule has 1 N–H and O–H groups in total. The van der Waals surface area contributed by atoms with Crippen molar-refractivity contribution < 1.29 is 14.3 Å². The van der Waals surface area contributed by atoms with E-state index < -0.39 is 0 Å². The molecule has 158 valence electrons. The molecule has 7 nitrogen and oxygen atoms in total. The molecule has 32 heavy (non-hydrogen) atoms. The number of phenolic OH excluding ortho intramolecular Hbond substituents is 1. The maximum atomic E-state index is 9.64. The van der Waals surface area contributed by atoms with E-state index in [1.54, 1.807) is 23.5 Å². The van der Waals surface area contributed by atoms with Gasteiger partial charge in [-0.25, -0.2) is 0 Å². The second-order valence-electron chi connectivity index (χ2n) is 7.16. The molecule has 5 rings (SSSR count). The van der Waals surface area contributed by atoms with Gasteiger partial charge < -0.3 is 14.3 Å². The van der Waals surface area contributed by atoms with Crippen LogP contribution in [0.15, 0.2) is 71.1 Å². The van der Waals surface area contributed by atoms with Crippen LogP contribution < -0.4 is 4.74 Å². The molecule has 0 spiro atoms. The van der Waals surface area contributed by atoms with Crippen molar-refractivity contribution >= 4 is 11.3 Å². The SMILES string of the molecule is COc1cc(O)ccc1-c1nnc(-c2ccc(-c3nnc(-c4cccc(C)c4)s3)cc2)o1. The van der Waals surface area contributed by atoms with Crippen molar-refractivity contribution in [3.05, 3.63) is 72.3 Å². The summed E-state index contributed by atoms with van der Waals surface area (Å²) < 4.78 is 11.1. The fourth-order valence-electron chi connectivity index (χ4n) is 3.30. The average Bonchev–Trinajstić information content (AvgIpc) is 3.50. The van der Waals surface area contributed by atoms with Crippen LogP contribution in [0.1, 0.15) is 5.56 Å². The fourth-order valence-corrected chi connectivity index (χ4v) is 4.14. The quantitative estimate of drug-likeness (QED) is 0.378. The third kappa shape index (κ3) is 3.83. The maximum absolute atomic E-state index is 9.64. The Hall–Kier alpha value is -4.04. The van der Waals surface area contributed by atoms with Gasteiger partial charge in [-0.2, -0.15) is 0 Å². The topological polar surface area (TPSA) is 94.2 Å². The Kier molecular flexibility index (Phi) is 5.12. The molecule has 3 aromatic carbocycles. The van der Waals surface area contributed by atoms with Gasteiger partial charge in [0.25, 0.3) is 5.89 Å². The predicted octanol–water partition coefficient (Wildman–Crippen LogP) is 5.61. The zero-order chi connectivity index (χ0) is 22.1. The van der Waals surface area contributed by atoms with Crippen molar-refractivity contribution in [3.8, 4) is 55.5 Å². The molecular weight excluding hydrogens is 424 g/mol. The third-order valence-corrected chi connectivity index (χ3v) is 5.93. The van der Waals surface area contributed by atoms with Crippen LogP contribution in [0.2, 0.25) is 0 Å². The summed E-state index contributed by atoms with van der Waals surface area (Å²) in [4.78, 5) is 0. The van der Waals surface area contributed by atoms with E-state index in [9.17, 15) is 5.11 Å². The lowest BCUT2D eigenvalue weighted by Crippen LogP contribution is -1.87. The minimum Gasteiger partial charge on any atom is -0.508 e. The Morgan fingerprint density at radius 2 is 1.50 bits per heavy atom. The van der Waals surface area contributed by atoms with Crippen molar-refractivity contribution in [3.63, 3.8) is 0 Å². The van der Waals surface area contributed by atoms with Crippen molar-refractivity contribution in [2.45, 2.75) is 6.92 Å². The van der Waals surface area contributed by atoms with Crippen LogP contribution in [-0.4, -0.2) is 32.6 Å². The first-order valence-electron chi connectivity index (χ1n) is 9.83. The van der Waals surface area contributed by atoms with Gasteiger partial charge in [-0.15, -0.1) is 20.4 Å². The number of aryl methyl sites for hydroxylation is 1. The van der Waals surface area contributed by atoms with E-state index in [1.807, 2.05) is 36.4 Å². The highest BCUT2D eigenvalue weighted by molar-refractivity contribution is 7.17. The van der Waals surface area contributed by atoms with Crippen molar-refractivity contribution in [2.24, 2.45) is 0 Å². The van der Waals surface area contributed by atoms with Crippen LogP contribution in [0.5, 0.6) is 11.5 Å². The monoisotopic (exact) mass is 442 g/mol. The van der Waals surface area contributed by atoms with E-state index in [0.29, 0.717) is 23.1 Å². The molecule has 0 saturated heterocycles. The lowest BCUT2D eigenvalue weighted by molar-refractivity contribution is 0.407. The molecule has 2 aromatic heterocycles. The molecule has 8 heteroatoms. The van der Waals surface area contributed by atoms with E-state index in [4.69, 9.17) is 9.15 Å². The first-order valence-corrected chi connectivity index (χ1v) is 10.6. The first kappa shape index (κ1) is 19.9. The van der Waals surface area contributed by atoms with Crippen molar-refractivity contribution in [1.82, 2.24) is 20.4 Å². The predicted molar refractivity (Wildman–Crippen MR) is 122 cm³/mol. The summed E-state index contributed by atoms with van der Waals surface area (Å²) in [6.45, 7) is 2.06. The molecule has 0 aliphatic carbocycles. The van der Waals surface area contributed by atoms with E-state index in [0.717, 1.165) is 26.7 Å². The fraction of sp³-hybridized carbons (Fsp3) is 0.0833. The highest BCUT2D eigenvalue weighted by atomic mass is 32.1. The number of benzene rings is 3. The first-order chi connectivity index (χ1) is 15.6. The standard InChI is InChI=1S/C24H18N4O3S/c1-14-4-3-5-17(12-14)24-28-27-23(32-24)16-8-6-15(7-9-16)21-25-26-22(31-21)19-11-10-18(29)13-20(19)30-2/h3-13,29H,1-2H3. The zero-order valence-corrected chi connectivity index (χ0v) is 18.1. The van der Waals surface area contributed by atoms with Gasteiger partial charge in [0.15, 0.2) is 0 Å². The highest BCUT2D eigenvalue weighted by Crippen LogP contribution is 2.34. The molecule has 0 radical (unpaired) electrons. The molecule has 5 aromatic rings. The van der Waals surface area contributed by atoms with Gasteiger partial charge in [-0.05, 0) is 37.3 Å². The summed E-state index contributed by atoms with van der Waals surface area (Å²) in [5.41, 5.74) is 4.61. The number of hydrogen-bond donors (Lipinski definition) is 1. The van der Waals surface area contributed by atoms with Gasteiger partial charge in [-0.3, -0.25) is 0 Å². The van der Waals surface area contributed by atoms with Crippen LogP contribution in [0.3, 0.4) is 0 Å². The summed E-state index contributed by atoms with van der Waals surface area (Å²) in [6, 6.07) is 20.7. The van der Waals surface area contributed by atoms with Crippen molar-refractivity contribution in [2.75, 3.05) is 7.11 Å². The second kappa shape index (κ2) is 8.24. The maximum Gasteiger partial charge on any atom is 0.251 e. The molecule has 0 bridgehead atoms. The van der Waals surface area contributed by atoms with E-state index in [1.165, 1.54) is 18.7 Å². The molecule has 0 saturated carbocycles. The number of methoxy groups -OCH3 is 1. The van der Waals surface area contributed by atoms with Crippen molar-refractivity contribution in [1.29, 1.82) is 0 Å². The number of ether oxygens (including phenoxy) is 1. The van der Waals surface area contributed by atoms with Gasteiger partial charge in [0.1, 0.15) is 21.5 Å². The highest BCUT2D eigenvalue weighted by Gasteiger charge is 2.16. The number of aromatic hydroxyl groups is 1. The largest absolute Gasteiger partial charge is 0.508 e. The van der Waals surface area contributed by atoms with Crippen LogP contribution in [0.4, 0.5) is 0 Å². The average molecular weight is 443 g/mol. The molecule has 0 atom stereocenters. The minimum atomic E-state index is 0.100. The van der Waals surface area contributed by atoms with Gasteiger partial charge in [-0.1, -0.05) is 47.2 Å². The van der Waals surface area contributed by atoms with Gasteiger partial charge in [0.05, 0.1) is 12.7 Å². The Labute approximate surface area is 188 Å². The lowest BCUT2D eigenvalue weighted by atomic mass is 10.1. The Bertz CT molecular complexity index is 1390. The van der Waals surface area contributed by atoms with Gasteiger partial charge in [0, 0.05) is 22.8 Å². The minimum absolute atomic E-state index is 0.100. The molecule has 0 amide bonds. The number of aromatic nitrogens is 4. The number of phenols is 1. The molecular formula is C24H18N4O3S. The van der Waals surface area contributed by atoms with Crippen LogP contribution in [-0.2, 0) is 0 Å². The Morgan fingerprint density at radius 1 is 0.781 bits per heavy atom. The summed E-state index contributed by atoms with van der Waals surface area (Å²) in [6.07, 6.45) is 0. The smallest absolute Gasteiger partial charge is 0.251 e. The molecule has 0 aliphatic rings. The zero-order valence-electron chi connectivity index (χ0n) is 17.3. The summed E-state index contributed by atoms with van der Waals surface area (Å²) in [7, 11) is 1.52. The summed E-state index contributed by atoms with van der Waals surface area (Å²) >= 11 is 1.55. The molecule has 2 heterocycles. The normalized spacial score (nSPS) is 10.9.